The van der Waals surface area contributed by atoms with Gasteiger partial charge < -0.3 is 31.1 Å². The summed E-state index contributed by atoms with van der Waals surface area (Å²) >= 11 is 0. The minimum atomic E-state index is -2.73. The second-order valence-electron chi connectivity index (χ2n) is 13.1. The van der Waals surface area contributed by atoms with Gasteiger partial charge in [0, 0.05) is 49.7 Å². The van der Waals surface area contributed by atoms with Crippen LogP contribution < -0.4 is 10.6 Å². The van der Waals surface area contributed by atoms with Crippen LogP contribution in [0.1, 0.15) is 52.4 Å². The molecule has 4 atom stereocenters. The van der Waals surface area contributed by atoms with Gasteiger partial charge in [0.15, 0.2) is 17.2 Å². The highest BCUT2D eigenvalue weighted by Crippen LogP contribution is 2.54. The number of ketones is 4. The molecule has 0 spiro atoms. The van der Waals surface area contributed by atoms with Gasteiger partial charge in [-0.1, -0.05) is 24.3 Å². The van der Waals surface area contributed by atoms with Crippen molar-refractivity contribution in [2.75, 3.05) is 33.1 Å². The Morgan fingerprint density at radius 2 is 1.66 bits per heavy atom. The molecule has 1 amide bonds. The number of primary amides is 1. The Labute approximate surface area is 271 Å². The highest BCUT2D eigenvalue weighted by atomic mass is 16.3. The number of amides is 1. The topological polar surface area (TPSA) is 199 Å². The van der Waals surface area contributed by atoms with Crippen LogP contribution in [0.15, 0.2) is 47.2 Å². The van der Waals surface area contributed by atoms with E-state index in [0.717, 1.165) is 5.56 Å². The van der Waals surface area contributed by atoms with Gasteiger partial charge in [0.05, 0.1) is 11.6 Å². The van der Waals surface area contributed by atoms with E-state index in [9.17, 15) is 44.4 Å². The van der Waals surface area contributed by atoms with Crippen molar-refractivity contribution in [3.63, 3.8) is 0 Å². The second kappa shape index (κ2) is 12.1. The van der Waals surface area contributed by atoms with E-state index in [0.29, 0.717) is 22.4 Å². The van der Waals surface area contributed by atoms with E-state index in [-0.39, 0.29) is 60.6 Å². The summed E-state index contributed by atoms with van der Waals surface area (Å²) in [5.41, 5.74) is 4.36. The van der Waals surface area contributed by atoms with Crippen LogP contribution in [-0.2, 0) is 38.4 Å². The summed E-state index contributed by atoms with van der Waals surface area (Å²) in [6.07, 6.45) is 0.446. The lowest BCUT2D eigenvalue weighted by Gasteiger charge is -2.50. The van der Waals surface area contributed by atoms with Crippen molar-refractivity contribution in [3.8, 4) is 5.75 Å². The molecule has 5 rings (SSSR count). The molecular formula is C35H39N3O9. The number of aryl methyl sites for hydroxylation is 1. The largest absolute Gasteiger partial charge is 0.508 e. The molecule has 12 nitrogen and oxygen atoms in total. The first-order valence-electron chi connectivity index (χ1n) is 15.3. The van der Waals surface area contributed by atoms with Gasteiger partial charge >= 0.3 is 0 Å². The number of likely N-dealkylation sites (N-methyl/N-ethyl adjacent to an activating group) is 1. The summed E-state index contributed by atoms with van der Waals surface area (Å²) in [5, 5.41) is 46.1. The van der Waals surface area contributed by atoms with Crippen molar-refractivity contribution in [2.24, 2.45) is 17.6 Å². The number of carbonyl (C=O) groups is 5. The molecule has 6 N–H and O–H groups in total. The lowest BCUT2D eigenvalue weighted by Crippen LogP contribution is -2.65. The zero-order valence-corrected chi connectivity index (χ0v) is 27.0. The minimum Gasteiger partial charge on any atom is -0.508 e. The number of carbonyl (C=O) groups excluding carboxylic acids is 5. The molecule has 248 valence electrons. The standard InChI is InChI=1S/C35H39N3O9/c1-16(39)18-8-6-17(7-9-18)12-21(40)11-10-19-15-24(37(2)3)22-13-20-14-23-28(38(4)5)31(43)27(34(36)46)33(45)35(23,47)32(44)25(20)30(42)26(22)29(19)41/h6-9,15,20,23,28,41-42,45,47H,10-14H2,1-5H3,(H2,36,46)/t20-,23-,28-,35-/m1/s1. The maximum absolute atomic E-state index is 14.2. The number of nitrogens with two attached hydrogens (primary N) is 1. The molecule has 0 heterocycles. The molecular weight excluding hydrogens is 606 g/mol. The summed E-state index contributed by atoms with van der Waals surface area (Å²) in [6.45, 7) is 1.46. The Bertz CT molecular complexity index is 1790. The molecule has 1 saturated carbocycles. The molecule has 2 aromatic rings. The summed E-state index contributed by atoms with van der Waals surface area (Å²) < 4.78 is 0. The number of phenolic OH excluding ortho intramolecular Hbond substituents is 1. The van der Waals surface area contributed by atoms with Gasteiger partial charge in [-0.15, -0.1) is 0 Å². The molecule has 12 heteroatoms. The number of nitrogens with zero attached hydrogens (tertiary/aromatic N) is 2. The summed E-state index contributed by atoms with van der Waals surface area (Å²) in [4.78, 5) is 67.4. The van der Waals surface area contributed by atoms with Gasteiger partial charge in [-0.25, -0.2) is 0 Å². The van der Waals surface area contributed by atoms with E-state index in [4.69, 9.17) is 5.73 Å². The lowest BCUT2D eigenvalue weighted by atomic mass is 9.57. The van der Waals surface area contributed by atoms with E-state index in [1.54, 1.807) is 63.4 Å². The third-order valence-electron chi connectivity index (χ3n) is 9.69. The van der Waals surface area contributed by atoms with Crippen LogP contribution in [0.4, 0.5) is 5.69 Å². The lowest BCUT2D eigenvalue weighted by molar-refractivity contribution is -0.153. The average molecular weight is 646 g/mol. The Hall–Kier alpha value is -4.81. The fraction of sp³-hybridized carbons (Fsp3) is 0.400. The zero-order valence-electron chi connectivity index (χ0n) is 27.0. The first-order valence-corrected chi connectivity index (χ1v) is 15.3. The minimum absolute atomic E-state index is 0.0109. The van der Waals surface area contributed by atoms with Crippen molar-refractivity contribution >= 4 is 40.5 Å². The zero-order chi connectivity index (χ0) is 34.7. The van der Waals surface area contributed by atoms with Crippen LogP contribution in [-0.4, -0.2) is 94.2 Å². The monoisotopic (exact) mass is 645 g/mol. The second-order valence-corrected chi connectivity index (χ2v) is 13.1. The summed E-state index contributed by atoms with van der Waals surface area (Å²) in [7, 11) is 6.66. The van der Waals surface area contributed by atoms with Crippen LogP contribution in [0.3, 0.4) is 0 Å². The molecule has 0 radical (unpaired) electrons. The molecule has 3 aliphatic carbocycles. The number of phenols is 1. The Morgan fingerprint density at radius 3 is 2.21 bits per heavy atom. The molecule has 3 aliphatic rings. The predicted octanol–water partition coefficient (Wildman–Crippen LogP) is 1.98. The van der Waals surface area contributed by atoms with E-state index < -0.39 is 58.0 Å². The molecule has 0 unspecified atom stereocenters. The number of aliphatic hydroxyl groups excluding tert-OH is 2. The molecule has 0 aliphatic heterocycles. The number of benzene rings is 2. The van der Waals surface area contributed by atoms with E-state index in [2.05, 4.69) is 0 Å². The molecule has 0 saturated heterocycles. The maximum Gasteiger partial charge on any atom is 0.255 e. The molecule has 1 fully saturated rings. The molecule has 0 aromatic heterocycles. The number of hydrogen-bond donors (Lipinski definition) is 5. The average Bonchev–Trinajstić information content (AvgIpc) is 2.98. The smallest absolute Gasteiger partial charge is 0.255 e. The number of fused-ring (bicyclic) bond motifs is 3. The summed E-state index contributed by atoms with van der Waals surface area (Å²) in [6, 6.07) is 7.34. The van der Waals surface area contributed by atoms with Gasteiger partial charge in [-0.3, -0.25) is 28.9 Å². The van der Waals surface area contributed by atoms with E-state index in [1.807, 2.05) is 0 Å². The van der Waals surface area contributed by atoms with Crippen molar-refractivity contribution < 1.29 is 44.4 Å². The van der Waals surface area contributed by atoms with Crippen LogP contribution in [0.5, 0.6) is 5.75 Å². The number of aliphatic hydroxyl groups is 3. The molecule has 47 heavy (non-hydrogen) atoms. The van der Waals surface area contributed by atoms with Gasteiger partial charge in [-0.2, -0.15) is 0 Å². The van der Waals surface area contributed by atoms with Gasteiger partial charge in [0.25, 0.3) is 5.91 Å². The van der Waals surface area contributed by atoms with Crippen molar-refractivity contribution in [1.29, 1.82) is 0 Å². The van der Waals surface area contributed by atoms with Gasteiger partial charge in [-0.05, 0) is 69.0 Å². The molecule has 2 aromatic carbocycles. The highest BCUT2D eigenvalue weighted by Gasteiger charge is 2.64. The number of Topliss-reactive ketones (excluding diaryl/α,β-unsaturated/α-hetero) is 4. The van der Waals surface area contributed by atoms with Crippen molar-refractivity contribution in [3.05, 3.63) is 75.1 Å². The first-order chi connectivity index (χ1) is 22.0. The highest BCUT2D eigenvalue weighted by molar-refractivity contribution is 6.24. The number of rotatable bonds is 9. The Morgan fingerprint density at radius 1 is 1.02 bits per heavy atom. The maximum atomic E-state index is 14.2. The van der Waals surface area contributed by atoms with Crippen LogP contribution in [0.2, 0.25) is 0 Å². The number of hydrogen-bond acceptors (Lipinski definition) is 11. The van der Waals surface area contributed by atoms with E-state index >= 15 is 0 Å². The first kappa shape index (κ1) is 33.6. The number of aromatic hydroxyl groups is 1. The van der Waals surface area contributed by atoms with Crippen molar-refractivity contribution in [2.45, 2.75) is 50.7 Å². The van der Waals surface area contributed by atoms with Crippen LogP contribution in [0, 0.1) is 11.8 Å². The molecule has 0 bridgehead atoms. The van der Waals surface area contributed by atoms with Gasteiger partial charge in [0.2, 0.25) is 5.78 Å². The third kappa shape index (κ3) is 5.40. The quantitative estimate of drug-likeness (QED) is 0.197. The predicted molar refractivity (Wildman–Crippen MR) is 172 cm³/mol. The Balaban J connectivity index is 1.54. The van der Waals surface area contributed by atoms with Crippen molar-refractivity contribution in [1.82, 2.24) is 4.90 Å². The third-order valence-corrected chi connectivity index (χ3v) is 9.69. The van der Waals surface area contributed by atoms with Crippen LogP contribution in [0.25, 0.3) is 5.76 Å². The van der Waals surface area contributed by atoms with Crippen LogP contribution >= 0.6 is 0 Å². The normalized spacial score (nSPS) is 23.8. The van der Waals surface area contributed by atoms with Gasteiger partial charge in [0.1, 0.15) is 28.6 Å². The number of anilines is 1. The SMILES string of the molecule is CC(=O)c1ccc(CC(=O)CCc2cc(N(C)C)c3c(c2O)C(O)=C2C(=O)[C@@]4(O)C(O)=C(C(N)=O)C(=O)[C@H](N(C)C)[C@H]4C[C@H]2C3)cc1. The fourth-order valence-corrected chi connectivity index (χ4v) is 7.38. The summed E-state index contributed by atoms with van der Waals surface area (Å²) in [5.74, 6) is -7.29. The van der Waals surface area contributed by atoms with E-state index in [1.165, 1.54) is 11.8 Å². The Kier molecular flexibility index (Phi) is 8.63. The fourth-order valence-electron chi connectivity index (χ4n) is 7.38.